The summed E-state index contributed by atoms with van der Waals surface area (Å²) in [4.78, 5) is 2.12. The molecule has 1 aromatic rings. The first-order valence-corrected chi connectivity index (χ1v) is 5.90. The van der Waals surface area contributed by atoms with Crippen LogP contribution in [0, 0.1) is 0 Å². The molecule has 0 aliphatic heterocycles. The number of benzene rings is 1. The zero-order valence-corrected chi connectivity index (χ0v) is 10.6. The van der Waals surface area contributed by atoms with Crippen molar-refractivity contribution in [2.24, 2.45) is 0 Å². The van der Waals surface area contributed by atoms with Gasteiger partial charge in [0.1, 0.15) is 0 Å². The van der Waals surface area contributed by atoms with Crippen molar-refractivity contribution in [1.29, 1.82) is 0 Å². The van der Waals surface area contributed by atoms with Gasteiger partial charge in [0.15, 0.2) is 0 Å². The highest BCUT2D eigenvalue weighted by atomic mass is 35.5. The minimum atomic E-state index is 0.152. The Hall–Kier alpha value is -0.770. The van der Waals surface area contributed by atoms with Crippen molar-refractivity contribution in [3.63, 3.8) is 0 Å². The molecule has 1 rings (SSSR count). The number of hydrogen-bond acceptors (Lipinski definition) is 3. The number of aliphatic hydroxyl groups excluding tert-OH is 1. The minimum absolute atomic E-state index is 0.152. The molecule has 0 saturated carbocycles. The molecule has 0 aliphatic rings. The highest BCUT2D eigenvalue weighted by Gasteiger charge is 2.11. The molecule has 0 radical (unpaired) electrons. The number of anilines is 1. The summed E-state index contributed by atoms with van der Waals surface area (Å²) in [5, 5.41) is 12.9. The van der Waals surface area contributed by atoms with E-state index in [0.29, 0.717) is 6.54 Å². The number of aliphatic hydroxyl groups is 1. The van der Waals surface area contributed by atoms with E-state index in [1.165, 1.54) is 0 Å². The van der Waals surface area contributed by atoms with Crippen LogP contribution in [0.3, 0.4) is 0 Å². The Morgan fingerprint density at radius 3 is 2.75 bits per heavy atom. The van der Waals surface area contributed by atoms with Crippen molar-refractivity contribution < 1.29 is 5.11 Å². The molecule has 16 heavy (non-hydrogen) atoms. The number of nitrogens with zero attached hydrogens (tertiary/aromatic N) is 1. The second kappa shape index (κ2) is 6.74. The smallest absolute Gasteiger partial charge is 0.0606 e. The third-order valence-corrected chi connectivity index (χ3v) is 2.89. The van der Waals surface area contributed by atoms with E-state index in [9.17, 15) is 0 Å². The molecule has 0 aromatic heterocycles. The van der Waals surface area contributed by atoms with E-state index < -0.39 is 0 Å². The van der Waals surface area contributed by atoms with Crippen LogP contribution in [0.2, 0.25) is 5.02 Å². The fourth-order valence-electron chi connectivity index (χ4n) is 1.76. The van der Waals surface area contributed by atoms with Gasteiger partial charge in [0.2, 0.25) is 0 Å². The zero-order chi connectivity index (χ0) is 12.0. The van der Waals surface area contributed by atoms with Crippen LogP contribution in [-0.2, 0) is 6.54 Å². The number of halogens is 1. The topological polar surface area (TPSA) is 35.5 Å². The van der Waals surface area contributed by atoms with E-state index in [4.69, 9.17) is 16.7 Å². The van der Waals surface area contributed by atoms with Crippen LogP contribution in [0.15, 0.2) is 18.2 Å². The van der Waals surface area contributed by atoms with Gasteiger partial charge in [-0.25, -0.2) is 0 Å². The molecule has 0 amide bonds. The Labute approximate surface area is 102 Å². The van der Waals surface area contributed by atoms with Gasteiger partial charge in [-0.05, 0) is 26.1 Å². The Kier molecular flexibility index (Phi) is 5.60. The molecule has 0 unspecified atom stereocenters. The summed E-state index contributed by atoms with van der Waals surface area (Å²) < 4.78 is 0. The predicted molar refractivity (Wildman–Crippen MR) is 69.2 cm³/mol. The van der Waals surface area contributed by atoms with Crippen LogP contribution in [0.25, 0.3) is 0 Å². The first kappa shape index (κ1) is 13.3. The van der Waals surface area contributed by atoms with Gasteiger partial charge in [0.05, 0.1) is 6.61 Å². The van der Waals surface area contributed by atoms with Crippen LogP contribution < -0.4 is 10.2 Å². The SMILES string of the molecule is CCN(CCO)c1cccc(Cl)c1CNC. The Balaban J connectivity index is 3.04. The first-order chi connectivity index (χ1) is 7.74. The number of rotatable bonds is 6. The van der Waals surface area contributed by atoms with Gasteiger partial charge in [-0.3, -0.25) is 0 Å². The molecule has 0 atom stereocenters. The molecular formula is C12H19ClN2O. The summed E-state index contributed by atoms with van der Waals surface area (Å²) in [6.45, 7) is 4.45. The molecule has 0 fully saturated rings. The van der Waals surface area contributed by atoms with E-state index in [1.807, 2.05) is 25.2 Å². The van der Waals surface area contributed by atoms with Gasteiger partial charge in [0, 0.05) is 35.9 Å². The maximum Gasteiger partial charge on any atom is 0.0606 e. The van der Waals surface area contributed by atoms with E-state index >= 15 is 0 Å². The molecule has 0 saturated heterocycles. The lowest BCUT2D eigenvalue weighted by molar-refractivity contribution is 0.302. The minimum Gasteiger partial charge on any atom is -0.395 e. The fourth-order valence-corrected chi connectivity index (χ4v) is 2.00. The average Bonchev–Trinajstić information content (AvgIpc) is 2.29. The highest BCUT2D eigenvalue weighted by Crippen LogP contribution is 2.27. The monoisotopic (exact) mass is 242 g/mol. The molecular weight excluding hydrogens is 224 g/mol. The van der Waals surface area contributed by atoms with Gasteiger partial charge in [-0.15, -0.1) is 0 Å². The lowest BCUT2D eigenvalue weighted by Gasteiger charge is -2.25. The third kappa shape index (κ3) is 3.11. The van der Waals surface area contributed by atoms with E-state index in [-0.39, 0.29) is 6.61 Å². The van der Waals surface area contributed by atoms with Gasteiger partial charge < -0.3 is 15.3 Å². The Morgan fingerprint density at radius 1 is 1.44 bits per heavy atom. The van der Waals surface area contributed by atoms with E-state index in [0.717, 1.165) is 29.4 Å². The summed E-state index contributed by atoms with van der Waals surface area (Å²) in [6.07, 6.45) is 0. The van der Waals surface area contributed by atoms with Crippen molar-refractivity contribution in [2.45, 2.75) is 13.5 Å². The van der Waals surface area contributed by atoms with Crippen LogP contribution in [0.4, 0.5) is 5.69 Å². The third-order valence-electron chi connectivity index (χ3n) is 2.54. The molecule has 0 bridgehead atoms. The average molecular weight is 243 g/mol. The van der Waals surface area contributed by atoms with Crippen molar-refractivity contribution in [3.8, 4) is 0 Å². The zero-order valence-electron chi connectivity index (χ0n) is 9.83. The Morgan fingerprint density at radius 2 is 2.19 bits per heavy atom. The first-order valence-electron chi connectivity index (χ1n) is 5.52. The second-order valence-corrected chi connectivity index (χ2v) is 3.98. The maximum absolute atomic E-state index is 9.03. The maximum atomic E-state index is 9.03. The van der Waals surface area contributed by atoms with E-state index in [1.54, 1.807) is 0 Å². The number of hydrogen-bond donors (Lipinski definition) is 2. The van der Waals surface area contributed by atoms with Crippen molar-refractivity contribution in [3.05, 3.63) is 28.8 Å². The van der Waals surface area contributed by atoms with Gasteiger partial charge in [0.25, 0.3) is 0 Å². The standard InChI is InChI=1S/C12H19ClN2O/c1-3-15(7-8-16)12-6-4-5-11(13)10(12)9-14-2/h4-6,14,16H,3,7-9H2,1-2H3. The highest BCUT2D eigenvalue weighted by molar-refractivity contribution is 6.31. The van der Waals surface area contributed by atoms with Crippen molar-refractivity contribution >= 4 is 17.3 Å². The lowest BCUT2D eigenvalue weighted by Crippen LogP contribution is -2.27. The molecule has 1 aromatic carbocycles. The predicted octanol–water partition coefficient (Wildman–Crippen LogP) is 1.88. The van der Waals surface area contributed by atoms with Crippen LogP contribution in [-0.4, -0.2) is 31.9 Å². The van der Waals surface area contributed by atoms with Crippen LogP contribution in [0.1, 0.15) is 12.5 Å². The molecule has 0 aliphatic carbocycles. The van der Waals surface area contributed by atoms with Gasteiger partial charge >= 0.3 is 0 Å². The lowest BCUT2D eigenvalue weighted by atomic mass is 10.1. The fraction of sp³-hybridized carbons (Fsp3) is 0.500. The molecule has 4 heteroatoms. The van der Waals surface area contributed by atoms with Crippen LogP contribution in [0.5, 0.6) is 0 Å². The molecule has 90 valence electrons. The van der Waals surface area contributed by atoms with Crippen molar-refractivity contribution in [1.82, 2.24) is 5.32 Å². The Bertz CT molecular complexity index is 331. The summed E-state index contributed by atoms with van der Waals surface area (Å²) in [5.41, 5.74) is 2.18. The number of likely N-dealkylation sites (N-methyl/N-ethyl adjacent to an activating group) is 1. The number of nitrogens with one attached hydrogen (secondary N) is 1. The molecule has 3 nitrogen and oxygen atoms in total. The summed E-state index contributed by atoms with van der Waals surface area (Å²) in [7, 11) is 1.90. The quantitative estimate of drug-likeness (QED) is 0.800. The van der Waals surface area contributed by atoms with Gasteiger partial charge in [-0.1, -0.05) is 17.7 Å². The summed E-state index contributed by atoms with van der Waals surface area (Å²) >= 11 is 6.18. The largest absolute Gasteiger partial charge is 0.395 e. The van der Waals surface area contributed by atoms with E-state index in [2.05, 4.69) is 17.1 Å². The van der Waals surface area contributed by atoms with Gasteiger partial charge in [-0.2, -0.15) is 0 Å². The summed E-state index contributed by atoms with van der Waals surface area (Å²) in [6, 6.07) is 5.87. The molecule has 0 heterocycles. The van der Waals surface area contributed by atoms with Crippen LogP contribution >= 0.6 is 11.6 Å². The molecule has 0 spiro atoms. The second-order valence-electron chi connectivity index (χ2n) is 3.57. The summed E-state index contributed by atoms with van der Waals surface area (Å²) in [5.74, 6) is 0. The van der Waals surface area contributed by atoms with Crippen molar-refractivity contribution in [2.75, 3.05) is 31.6 Å². The normalized spacial score (nSPS) is 10.5. The molecule has 2 N–H and O–H groups in total.